The van der Waals surface area contributed by atoms with Crippen LogP contribution in [0.5, 0.6) is 0 Å². The highest BCUT2D eigenvalue weighted by Gasteiger charge is 2.25. The molecule has 1 aliphatic heterocycles. The van der Waals surface area contributed by atoms with Gasteiger partial charge in [-0.05, 0) is 30.5 Å². The third kappa shape index (κ3) is 4.11. The van der Waals surface area contributed by atoms with Crippen molar-refractivity contribution >= 4 is 29.3 Å². The van der Waals surface area contributed by atoms with Crippen LogP contribution < -0.4 is 4.90 Å². The lowest BCUT2D eigenvalue weighted by molar-refractivity contribution is -0.141. The number of hydrogen-bond acceptors (Lipinski definition) is 5. The number of aromatic nitrogens is 2. The number of nitrogens with zero attached hydrogens (tertiary/aromatic N) is 3. The Hall–Kier alpha value is -3.06. The SMILES string of the molecule is COC(=O)Cn1c(-c2ccc(C)cc2)cnc1SCC(=O)N1CCc2ccccc21. The quantitative estimate of drug-likeness (QED) is 0.448. The number of ether oxygens (including phenoxy) is 1. The van der Waals surface area contributed by atoms with Gasteiger partial charge in [0.15, 0.2) is 5.16 Å². The number of benzene rings is 2. The van der Waals surface area contributed by atoms with Crippen molar-refractivity contribution in [3.8, 4) is 11.3 Å². The number of hydrogen-bond donors (Lipinski definition) is 0. The largest absolute Gasteiger partial charge is 0.468 e. The lowest BCUT2D eigenvalue weighted by Crippen LogP contribution is -2.30. The van der Waals surface area contributed by atoms with Crippen LogP contribution in [0.4, 0.5) is 5.69 Å². The summed E-state index contributed by atoms with van der Waals surface area (Å²) in [5, 5.41) is 0.622. The third-order valence-electron chi connectivity index (χ3n) is 5.19. The molecule has 0 unspecified atom stereocenters. The van der Waals surface area contributed by atoms with Crippen LogP contribution in [0, 0.1) is 6.92 Å². The van der Waals surface area contributed by atoms with E-state index in [-0.39, 0.29) is 24.2 Å². The number of para-hydroxylation sites is 1. The first-order valence-corrected chi connectivity index (χ1v) is 10.8. The number of imidazole rings is 1. The minimum Gasteiger partial charge on any atom is -0.468 e. The van der Waals surface area contributed by atoms with Crippen molar-refractivity contribution in [3.05, 3.63) is 65.9 Å². The summed E-state index contributed by atoms with van der Waals surface area (Å²) in [5.41, 5.74) is 5.13. The second-order valence-electron chi connectivity index (χ2n) is 7.17. The molecule has 1 amide bonds. The van der Waals surface area contributed by atoms with Crippen molar-refractivity contribution in [1.29, 1.82) is 0 Å². The lowest BCUT2D eigenvalue weighted by Gasteiger charge is -2.17. The standard InChI is InChI=1S/C23H23N3O3S/c1-16-7-9-18(10-8-16)20-13-24-23(26(20)14-22(28)29-2)30-15-21(27)25-12-11-17-5-3-4-6-19(17)25/h3-10,13H,11-12,14-15H2,1-2H3. The van der Waals surface area contributed by atoms with Gasteiger partial charge in [-0.1, -0.05) is 59.8 Å². The van der Waals surface area contributed by atoms with Gasteiger partial charge in [-0.2, -0.15) is 0 Å². The molecule has 0 atom stereocenters. The summed E-state index contributed by atoms with van der Waals surface area (Å²) in [6.07, 6.45) is 2.62. The topological polar surface area (TPSA) is 64.4 Å². The van der Waals surface area contributed by atoms with Crippen molar-refractivity contribution in [3.63, 3.8) is 0 Å². The van der Waals surface area contributed by atoms with E-state index in [9.17, 15) is 9.59 Å². The van der Waals surface area contributed by atoms with E-state index < -0.39 is 0 Å². The van der Waals surface area contributed by atoms with E-state index in [1.807, 2.05) is 58.9 Å². The smallest absolute Gasteiger partial charge is 0.325 e. The highest BCUT2D eigenvalue weighted by molar-refractivity contribution is 7.99. The first-order chi connectivity index (χ1) is 14.6. The van der Waals surface area contributed by atoms with Gasteiger partial charge in [0.2, 0.25) is 5.91 Å². The van der Waals surface area contributed by atoms with E-state index in [0.29, 0.717) is 11.7 Å². The molecular weight excluding hydrogens is 398 g/mol. The zero-order valence-electron chi connectivity index (χ0n) is 17.0. The number of rotatable bonds is 6. The molecule has 3 aromatic rings. The van der Waals surface area contributed by atoms with E-state index in [4.69, 9.17) is 4.74 Å². The third-order valence-corrected chi connectivity index (χ3v) is 6.17. The maximum atomic E-state index is 12.9. The van der Waals surface area contributed by atoms with Gasteiger partial charge in [-0.3, -0.25) is 9.59 Å². The Labute approximate surface area is 179 Å². The number of thioether (sulfide) groups is 1. The Morgan fingerprint density at radius 3 is 2.67 bits per heavy atom. The van der Waals surface area contributed by atoms with Crippen LogP contribution in [0.1, 0.15) is 11.1 Å². The van der Waals surface area contributed by atoms with Crippen LogP contribution in [-0.4, -0.2) is 40.8 Å². The Bertz CT molecular complexity index is 1080. The van der Waals surface area contributed by atoms with E-state index in [2.05, 4.69) is 11.1 Å². The molecule has 4 rings (SSSR count). The van der Waals surface area contributed by atoms with Crippen LogP contribution in [0.15, 0.2) is 59.9 Å². The molecule has 2 heterocycles. The zero-order chi connectivity index (χ0) is 21.1. The predicted octanol–water partition coefficient (Wildman–Crippen LogP) is 3.71. The van der Waals surface area contributed by atoms with Crippen LogP contribution in [0.2, 0.25) is 0 Å². The molecule has 1 aromatic heterocycles. The number of methoxy groups -OCH3 is 1. The van der Waals surface area contributed by atoms with Gasteiger partial charge in [-0.25, -0.2) is 4.98 Å². The molecule has 7 heteroatoms. The average molecular weight is 422 g/mol. The van der Waals surface area contributed by atoms with Crippen molar-refractivity contribution in [2.45, 2.75) is 25.0 Å². The summed E-state index contributed by atoms with van der Waals surface area (Å²) in [6, 6.07) is 16.0. The van der Waals surface area contributed by atoms with Gasteiger partial charge < -0.3 is 14.2 Å². The first-order valence-electron chi connectivity index (χ1n) is 9.77. The first kappa shape index (κ1) is 20.2. The minimum absolute atomic E-state index is 0.0365. The number of aryl methyl sites for hydroxylation is 1. The summed E-state index contributed by atoms with van der Waals surface area (Å²) in [6.45, 7) is 2.77. The molecule has 0 saturated heterocycles. The number of fused-ring (bicyclic) bond motifs is 1. The Kier molecular flexibility index (Phi) is 5.90. The summed E-state index contributed by atoms with van der Waals surface area (Å²) in [4.78, 5) is 31.2. The number of carbonyl (C=O) groups is 2. The summed E-state index contributed by atoms with van der Waals surface area (Å²) in [5.74, 6) is -0.0719. The van der Waals surface area contributed by atoms with Gasteiger partial charge in [0.05, 0.1) is 24.8 Å². The van der Waals surface area contributed by atoms with E-state index in [1.54, 1.807) is 6.20 Å². The summed E-state index contributed by atoms with van der Waals surface area (Å²) < 4.78 is 6.67. The van der Waals surface area contributed by atoms with Gasteiger partial charge >= 0.3 is 5.97 Å². The summed E-state index contributed by atoms with van der Waals surface area (Å²) in [7, 11) is 1.37. The average Bonchev–Trinajstić information content (AvgIpc) is 3.37. The van der Waals surface area contributed by atoms with E-state index in [0.717, 1.165) is 28.9 Å². The fraction of sp³-hybridized carbons (Fsp3) is 0.261. The second kappa shape index (κ2) is 8.75. The molecule has 0 aliphatic carbocycles. The van der Waals surface area contributed by atoms with Crippen molar-refractivity contribution in [1.82, 2.24) is 9.55 Å². The number of anilines is 1. The molecule has 0 spiro atoms. The fourth-order valence-corrected chi connectivity index (χ4v) is 4.43. The highest BCUT2D eigenvalue weighted by atomic mass is 32.2. The molecule has 154 valence electrons. The van der Waals surface area contributed by atoms with Crippen molar-refractivity contribution in [2.24, 2.45) is 0 Å². The van der Waals surface area contributed by atoms with E-state index in [1.165, 1.54) is 24.4 Å². The molecule has 1 aliphatic rings. The Balaban J connectivity index is 1.54. The van der Waals surface area contributed by atoms with E-state index >= 15 is 0 Å². The molecule has 0 fully saturated rings. The van der Waals surface area contributed by atoms with Gasteiger partial charge in [0.1, 0.15) is 6.54 Å². The van der Waals surface area contributed by atoms with Crippen molar-refractivity contribution in [2.75, 3.05) is 24.3 Å². The molecule has 2 aromatic carbocycles. The molecule has 0 saturated carbocycles. The molecule has 30 heavy (non-hydrogen) atoms. The Morgan fingerprint density at radius 2 is 1.90 bits per heavy atom. The van der Waals surface area contributed by atoms with Crippen LogP contribution in [0.3, 0.4) is 0 Å². The number of amides is 1. The van der Waals surface area contributed by atoms with Crippen LogP contribution in [0.25, 0.3) is 11.3 Å². The minimum atomic E-state index is -0.358. The summed E-state index contributed by atoms with van der Waals surface area (Å²) >= 11 is 1.34. The maximum absolute atomic E-state index is 12.9. The molecular formula is C23H23N3O3S. The molecule has 0 radical (unpaired) electrons. The molecule has 6 nitrogen and oxygen atoms in total. The fourth-order valence-electron chi connectivity index (χ4n) is 3.58. The second-order valence-corrected chi connectivity index (χ2v) is 8.11. The zero-order valence-corrected chi connectivity index (χ0v) is 17.8. The van der Waals surface area contributed by atoms with Gasteiger partial charge in [-0.15, -0.1) is 0 Å². The maximum Gasteiger partial charge on any atom is 0.325 e. The monoisotopic (exact) mass is 421 g/mol. The van der Waals surface area contributed by atoms with Gasteiger partial charge in [0.25, 0.3) is 0 Å². The number of esters is 1. The van der Waals surface area contributed by atoms with Crippen molar-refractivity contribution < 1.29 is 14.3 Å². The molecule has 0 N–H and O–H groups in total. The van der Waals surface area contributed by atoms with Crippen LogP contribution in [-0.2, 0) is 27.3 Å². The van der Waals surface area contributed by atoms with Gasteiger partial charge in [0, 0.05) is 12.2 Å². The highest BCUT2D eigenvalue weighted by Crippen LogP contribution is 2.30. The van der Waals surface area contributed by atoms with Crippen LogP contribution >= 0.6 is 11.8 Å². The lowest BCUT2D eigenvalue weighted by atomic mass is 10.1. The molecule has 0 bridgehead atoms. The normalized spacial score (nSPS) is 12.7. The Morgan fingerprint density at radius 1 is 1.13 bits per heavy atom. The number of carbonyl (C=O) groups excluding carboxylic acids is 2. The predicted molar refractivity (Wildman–Crippen MR) is 118 cm³/mol.